The number of carbonyl (C=O) groups excluding carboxylic acids is 2. The van der Waals surface area contributed by atoms with Gasteiger partial charge in [0, 0.05) is 48.9 Å². The molecule has 0 aliphatic carbocycles. The Morgan fingerprint density at radius 3 is 2.58 bits per heavy atom. The van der Waals surface area contributed by atoms with Gasteiger partial charge in [-0.2, -0.15) is 0 Å². The van der Waals surface area contributed by atoms with Gasteiger partial charge in [-0.3, -0.25) is 9.59 Å². The zero-order valence-electron chi connectivity index (χ0n) is 19.3. The molecule has 1 saturated heterocycles. The average molecular weight is 460 g/mol. The van der Waals surface area contributed by atoms with Gasteiger partial charge in [0.25, 0.3) is 5.91 Å². The largest absolute Gasteiger partial charge is 0.365 e. The van der Waals surface area contributed by atoms with Gasteiger partial charge in [-0.25, -0.2) is 0 Å². The van der Waals surface area contributed by atoms with Crippen LogP contribution < -0.4 is 4.90 Å². The monoisotopic (exact) mass is 459 g/mol. The van der Waals surface area contributed by atoms with Crippen LogP contribution >= 0.6 is 11.3 Å². The van der Waals surface area contributed by atoms with Crippen molar-refractivity contribution < 1.29 is 9.59 Å². The highest BCUT2D eigenvalue weighted by Gasteiger charge is 2.45. The van der Waals surface area contributed by atoms with E-state index in [2.05, 4.69) is 43.0 Å². The number of hydrogen-bond donors (Lipinski definition) is 0. The number of nitrogens with zero attached hydrogens (tertiary/aromatic N) is 3. The first-order valence-corrected chi connectivity index (χ1v) is 12.3. The Morgan fingerprint density at radius 2 is 1.85 bits per heavy atom. The number of thiophene rings is 1. The fraction of sp³-hybridized carbons (Fsp3) is 0.333. The number of benzene rings is 2. The molecule has 1 aromatic heterocycles. The summed E-state index contributed by atoms with van der Waals surface area (Å²) in [6.07, 6.45) is 0. The Morgan fingerprint density at radius 1 is 1.03 bits per heavy atom. The molecule has 5 rings (SSSR count). The Hall–Kier alpha value is -3.12. The minimum atomic E-state index is -0.403. The number of aryl methyl sites for hydroxylation is 1. The van der Waals surface area contributed by atoms with Crippen LogP contribution in [0.15, 0.2) is 66.0 Å². The van der Waals surface area contributed by atoms with Crippen molar-refractivity contribution in [1.29, 1.82) is 0 Å². The minimum absolute atomic E-state index is 0.0225. The molecule has 2 aromatic carbocycles. The summed E-state index contributed by atoms with van der Waals surface area (Å²) in [6, 6.07) is 20.1. The Bertz CT molecular complexity index is 1180. The van der Waals surface area contributed by atoms with Gasteiger partial charge < -0.3 is 14.7 Å². The summed E-state index contributed by atoms with van der Waals surface area (Å²) in [5.74, 6) is -0.318. The van der Waals surface area contributed by atoms with Crippen LogP contribution in [0, 0.1) is 6.92 Å². The summed E-state index contributed by atoms with van der Waals surface area (Å²) in [5, 5.41) is 2.01. The molecule has 0 saturated carbocycles. The summed E-state index contributed by atoms with van der Waals surface area (Å²) in [5.41, 5.74) is 3.93. The molecular formula is C27H29N3O2S. The molecule has 0 radical (unpaired) electrons. The van der Waals surface area contributed by atoms with Crippen molar-refractivity contribution in [3.63, 3.8) is 0 Å². The van der Waals surface area contributed by atoms with Gasteiger partial charge in [-0.15, -0.1) is 11.3 Å². The molecule has 0 bridgehead atoms. The quantitative estimate of drug-likeness (QED) is 0.570. The van der Waals surface area contributed by atoms with E-state index in [0.29, 0.717) is 18.7 Å². The average Bonchev–Trinajstić information content (AvgIpc) is 3.35. The predicted molar refractivity (Wildman–Crippen MR) is 133 cm³/mol. The maximum absolute atomic E-state index is 14.1. The normalized spacial score (nSPS) is 22.9. The SMILES string of the molecule is Cc1cccc(N2CCN(C(=O)[C@@H]3c4ccccc4C(=O)N(C)[C@H]3c3cccs3)C[C@@H]2C)c1. The lowest BCUT2D eigenvalue weighted by atomic mass is 9.81. The fourth-order valence-corrected chi connectivity index (χ4v) is 6.21. The number of hydrogen-bond acceptors (Lipinski definition) is 4. The lowest BCUT2D eigenvalue weighted by Crippen LogP contribution is -2.56. The van der Waals surface area contributed by atoms with Gasteiger partial charge in [0.2, 0.25) is 5.91 Å². The third-order valence-electron chi connectivity index (χ3n) is 6.95. The second kappa shape index (κ2) is 8.67. The number of carbonyl (C=O) groups is 2. The van der Waals surface area contributed by atoms with E-state index >= 15 is 0 Å². The van der Waals surface area contributed by atoms with Gasteiger partial charge in [0.1, 0.15) is 0 Å². The van der Waals surface area contributed by atoms with Crippen molar-refractivity contribution >= 4 is 28.8 Å². The van der Waals surface area contributed by atoms with Gasteiger partial charge in [-0.05, 0) is 54.6 Å². The van der Waals surface area contributed by atoms with Crippen molar-refractivity contribution in [3.8, 4) is 0 Å². The van der Waals surface area contributed by atoms with Crippen molar-refractivity contribution in [1.82, 2.24) is 9.80 Å². The third kappa shape index (κ3) is 3.82. The van der Waals surface area contributed by atoms with Crippen molar-refractivity contribution in [2.45, 2.75) is 31.8 Å². The topological polar surface area (TPSA) is 43.9 Å². The van der Waals surface area contributed by atoms with E-state index in [-0.39, 0.29) is 23.9 Å². The van der Waals surface area contributed by atoms with E-state index in [4.69, 9.17) is 0 Å². The van der Waals surface area contributed by atoms with Gasteiger partial charge >= 0.3 is 0 Å². The number of piperazine rings is 1. The van der Waals surface area contributed by atoms with Crippen LogP contribution in [0.25, 0.3) is 0 Å². The summed E-state index contributed by atoms with van der Waals surface area (Å²) >= 11 is 1.60. The molecule has 3 aromatic rings. The Labute approximate surface area is 199 Å². The van der Waals surface area contributed by atoms with Crippen LogP contribution in [0.5, 0.6) is 0 Å². The van der Waals surface area contributed by atoms with E-state index in [1.807, 2.05) is 53.7 Å². The molecule has 3 heterocycles. The molecule has 2 amide bonds. The molecule has 2 aliphatic heterocycles. The van der Waals surface area contributed by atoms with E-state index in [9.17, 15) is 9.59 Å². The summed E-state index contributed by atoms with van der Waals surface area (Å²) in [6.45, 7) is 6.42. The maximum atomic E-state index is 14.1. The van der Waals surface area contributed by atoms with Crippen LogP contribution in [0.1, 0.15) is 45.2 Å². The van der Waals surface area contributed by atoms with Crippen LogP contribution in [0.2, 0.25) is 0 Å². The van der Waals surface area contributed by atoms with E-state index in [1.165, 1.54) is 11.3 Å². The van der Waals surface area contributed by atoms with Crippen molar-refractivity contribution in [2.75, 3.05) is 31.6 Å². The molecule has 0 N–H and O–H groups in total. The highest BCUT2D eigenvalue weighted by atomic mass is 32.1. The van der Waals surface area contributed by atoms with Gasteiger partial charge in [-0.1, -0.05) is 36.4 Å². The molecule has 6 heteroatoms. The smallest absolute Gasteiger partial charge is 0.254 e. The summed E-state index contributed by atoms with van der Waals surface area (Å²) in [4.78, 5) is 34.4. The molecule has 0 spiro atoms. The second-order valence-electron chi connectivity index (χ2n) is 9.11. The maximum Gasteiger partial charge on any atom is 0.254 e. The zero-order chi connectivity index (χ0) is 23.1. The number of fused-ring (bicyclic) bond motifs is 1. The lowest BCUT2D eigenvalue weighted by molar-refractivity contribution is -0.135. The van der Waals surface area contributed by atoms with E-state index in [0.717, 1.165) is 17.0 Å². The molecule has 1 fully saturated rings. The number of amides is 2. The standard InChI is InChI=1S/C27H29N3O2S/c1-18-8-6-9-20(16-18)30-14-13-29(17-19(30)2)27(32)24-21-10-4-5-11-22(21)26(31)28(3)25(24)23-12-7-15-33-23/h4-12,15-16,19,24-25H,13-14,17H2,1-3H3/t19-,24+,25-/m0/s1. The molecular weight excluding hydrogens is 430 g/mol. The van der Waals surface area contributed by atoms with Crippen LogP contribution in [-0.4, -0.2) is 54.3 Å². The highest BCUT2D eigenvalue weighted by Crippen LogP contribution is 2.44. The van der Waals surface area contributed by atoms with Crippen LogP contribution in [0.4, 0.5) is 5.69 Å². The van der Waals surface area contributed by atoms with Crippen LogP contribution in [0.3, 0.4) is 0 Å². The zero-order valence-corrected chi connectivity index (χ0v) is 20.1. The number of likely N-dealkylation sites (N-methyl/N-ethyl adjacent to an activating group) is 1. The Kier molecular flexibility index (Phi) is 5.71. The first-order valence-electron chi connectivity index (χ1n) is 11.5. The molecule has 5 nitrogen and oxygen atoms in total. The van der Waals surface area contributed by atoms with E-state index in [1.54, 1.807) is 16.2 Å². The van der Waals surface area contributed by atoms with Gasteiger partial charge in [0.05, 0.1) is 12.0 Å². The molecule has 3 atom stereocenters. The lowest BCUT2D eigenvalue weighted by Gasteiger charge is -2.45. The molecule has 170 valence electrons. The molecule has 33 heavy (non-hydrogen) atoms. The number of rotatable bonds is 3. The first-order chi connectivity index (χ1) is 16.0. The second-order valence-corrected chi connectivity index (χ2v) is 10.1. The summed E-state index contributed by atoms with van der Waals surface area (Å²) in [7, 11) is 1.82. The van der Waals surface area contributed by atoms with Crippen molar-refractivity contribution in [2.24, 2.45) is 0 Å². The highest BCUT2D eigenvalue weighted by molar-refractivity contribution is 7.10. The molecule has 0 unspecified atom stereocenters. The third-order valence-corrected chi connectivity index (χ3v) is 7.90. The number of anilines is 1. The molecule has 2 aliphatic rings. The minimum Gasteiger partial charge on any atom is -0.365 e. The van der Waals surface area contributed by atoms with Gasteiger partial charge in [0.15, 0.2) is 0 Å². The van der Waals surface area contributed by atoms with E-state index < -0.39 is 5.92 Å². The predicted octanol–water partition coefficient (Wildman–Crippen LogP) is 4.70. The van der Waals surface area contributed by atoms with Crippen molar-refractivity contribution in [3.05, 3.63) is 87.6 Å². The first kappa shape index (κ1) is 21.7. The fourth-order valence-electron chi connectivity index (χ4n) is 5.30. The summed E-state index contributed by atoms with van der Waals surface area (Å²) < 4.78 is 0. The van der Waals surface area contributed by atoms with Crippen LogP contribution in [-0.2, 0) is 4.79 Å². The Balaban J connectivity index is 1.46.